The van der Waals surface area contributed by atoms with E-state index in [9.17, 15) is 18.0 Å². The van der Waals surface area contributed by atoms with Crippen molar-refractivity contribution in [2.75, 3.05) is 10.6 Å². The molecule has 3 aromatic carbocycles. The third-order valence-corrected chi connectivity index (χ3v) is 5.42. The smallest absolute Gasteiger partial charge is 0.406 e. The van der Waals surface area contributed by atoms with Crippen LogP contribution in [0.2, 0.25) is 5.02 Å². The lowest BCUT2D eigenvalue weighted by Gasteiger charge is -2.10. The molecule has 2 heterocycles. The second kappa shape index (κ2) is 10.3. The van der Waals surface area contributed by atoms with Crippen LogP contribution in [0.4, 0.5) is 29.6 Å². The van der Waals surface area contributed by atoms with Gasteiger partial charge in [-0.25, -0.2) is 19.4 Å². The molecule has 0 bridgehead atoms. The highest BCUT2D eigenvalue weighted by atomic mass is 35.5. The van der Waals surface area contributed by atoms with Crippen molar-refractivity contribution in [2.24, 2.45) is 0 Å². The molecule has 0 saturated heterocycles. The van der Waals surface area contributed by atoms with Gasteiger partial charge in [-0.05, 0) is 66.7 Å². The van der Waals surface area contributed by atoms with Gasteiger partial charge in [0.1, 0.15) is 12.1 Å². The van der Waals surface area contributed by atoms with E-state index in [2.05, 4.69) is 30.4 Å². The van der Waals surface area contributed by atoms with Crippen molar-refractivity contribution in [3.8, 4) is 28.5 Å². The van der Waals surface area contributed by atoms with E-state index in [1.54, 1.807) is 59.4 Å². The van der Waals surface area contributed by atoms with E-state index >= 15 is 0 Å². The number of ether oxygens (including phenoxy) is 1. The molecule has 0 aliphatic heterocycles. The number of nitrogens with one attached hydrogen (secondary N) is 2. The van der Waals surface area contributed by atoms with Crippen molar-refractivity contribution in [2.45, 2.75) is 6.36 Å². The molecule has 0 fully saturated rings. The second-order valence-electron chi connectivity index (χ2n) is 7.81. The monoisotopic (exact) mass is 539 g/mol. The average molecular weight is 540 g/mol. The summed E-state index contributed by atoms with van der Waals surface area (Å²) in [5, 5.41) is 10.4. The molecule has 38 heavy (non-hydrogen) atoms. The number of benzene rings is 3. The number of alkyl halides is 3. The maximum atomic E-state index is 12.5. The molecule has 5 aromatic rings. The fourth-order valence-corrected chi connectivity index (χ4v) is 3.70. The highest BCUT2D eigenvalue weighted by Gasteiger charge is 2.31. The number of urea groups is 1. The minimum Gasteiger partial charge on any atom is -0.406 e. The van der Waals surface area contributed by atoms with Crippen LogP contribution in [0, 0.1) is 0 Å². The molecule has 0 radical (unpaired) electrons. The van der Waals surface area contributed by atoms with Gasteiger partial charge in [0, 0.05) is 34.4 Å². The van der Waals surface area contributed by atoms with Crippen molar-refractivity contribution >= 4 is 29.3 Å². The van der Waals surface area contributed by atoms with Crippen molar-refractivity contribution in [1.29, 1.82) is 0 Å². The van der Waals surface area contributed by atoms with Gasteiger partial charge in [0.05, 0.1) is 5.69 Å². The van der Waals surface area contributed by atoms with Gasteiger partial charge in [-0.2, -0.15) is 0 Å². The minimum atomic E-state index is -4.76. The largest absolute Gasteiger partial charge is 0.573 e. The van der Waals surface area contributed by atoms with Crippen molar-refractivity contribution < 1.29 is 22.7 Å². The van der Waals surface area contributed by atoms with E-state index < -0.39 is 12.4 Å². The summed E-state index contributed by atoms with van der Waals surface area (Å²) >= 11 is 6.06. The molecule has 13 heteroatoms. The first-order valence-corrected chi connectivity index (χ1v) is 11.4. The van der Waals surface area contributed by atoms with Crippen LogP contribution in [0.3, 0.4) is 0 Å². The van der Waals surface area contributed by atoms with Crippen LogP contribution in [0.1, 0.15) is 0 Å². The lowest BCUT2D eigenvalue weighted by atomic mass is 10.2. The average Bonchev–Trinajstić information content (AvgIpc) is 3.54. The molecule has 0 atom stereocenters. The SMILES string of the molecule is O=C(Nc1ccc(-c2ncn(-c3ccc(OC(F)(F)F)cc3)n2)cc1)Nc1nccn1-c1cccc(Cl)c1. The Kier molecular flexibility index (Phi) is 6.71. The van der Waals surface area contributed by atoms with Gasteiger partial charge in [-0.15, -0.1) is 18.3 Å². The predicted octanol–water partition coefficient (Wildman–Crippen LogP) is 6.32. The number of nitrogens with zero attached hydrogens (tertiary/aromatic N) is 5. The fraction of sp³-hybridized carbons (Fsp3) is 0.0400. The molecule has 0 saturated carbocycles. The molecule has 0 unspecified atom stereocenters. The normalized spacial score (nSPS) is 11.3. The molecule has 0 spiro atoms. The number of anilines is 2. The zero-order chi connectivity index (χ0) is 26.7. The molecule has 192 valence electrons. The topological polar surface area (TPSA) is 98.9 Å². The molecule has 0 aliphatic carbocycles. The third kappa shape index (κ3) is 5.93. The van der Waals surface area contributed by atoms with Crippen LogP contribution in [0.5, 0.6) is 5.75 Å². The Bertz CT molecular complexity index is 1570. The van der Waals surface area contributed by atoms with Gasteiger partial charge in [0.2, 0.25) is 5.95 Å². The first kappa shape index (κ1) is 24.8. The Labute approximate surface area is 218 Å². The number of hydrogen-bond acceptors (Lipinski definition) is 5. The highest BCUT2D eigenvalue weighted by molar-refractivity contribution is 6.30. The Morgan fingerprint density at radius 3 is 2.39 bits per heavy atom. The molecular weight excluding hydrogens is 523 g/mol. The van der Waals surface area contributed by atoms with Crippen LogP contribution in [0.25, 0.3) is 22.8 Å². The van der Waals surface area contributed by atoms with E-state index in [1.165, 1.54) is 35.3 Å². The minimum absolute atomic E-state index is 0.314. The number of halogens is 4. The summed E-state index contributed by atoms with van der Waals surface area (Å²) in [6.07, 6.45) is -0.0611. The Balaban J connectivity index is 1.22. The summed E-state index contributed by atoms with van der Waals surface area (Å²) < 4.78 is 44.0. The zero-order valence-corrected chi connectivity index (χ0v) is 20.0. The highest BCUT2D eigenvalue weighted by Crippen LogP contribution is 2.24. The fourth-order valence-electron chi connectivity index (χ4n) is 3.52. The summed E-state index contributed by atoms with van der Waals surface area (Å²) in [6, 6.07) is 18.7. The summed E-state index contributed by atoms with van der Waals surface area (Å²) in [5.74, 6) is 0.372. The summed E-state index contributed by atoms with van der Waals surface area (Å²) in [7, 11) is 0. The van der Waals surface area contributed by atoms with E-state index in [-0.39, 0.29) is 5.75 Å². The number of hydrogen-bond donors (Lipinski definition) is 2. The first-order chi connectivity index (χ1) is 18.2. The molecule has 2 aromatic heterocycles. The first-order valence-electron chi connectivity index (χ1n) is 11.0. The Morgan fingerprint density at radius 2 is 1.68 bits per heavy atom. The van der Waals surface area contributed by atoms with Crippen LogP contribution in [-0.2, 0) is 0 Å². The molecule has 2 N–H and O–H groups in total. The Hall–Kier alpha value is -4.84. The van der Waals surface area contributed by atoms with Crippen LogP contribution < -0.4 is 15.4 Å². The standard InChI is InChI=1S/C25H17ClF3N7O2/c26-17-2-1-3-20(14-17)35-13-12-30-23(35)33-24(37)32-18-6-4-16(5-7-18)22-31-15-36(34-22)19-8-10-21(11-9-19)38-25(27,28)29/h1-15H,(H2,30,32,33,37). The molecular formula is C25H17ClF3N7O2. The van der Waals surface area contributed by atoms with Crippen LogP contribution in [0.15, 0.2) is 91.5 Å². The molecule has 9 nitrogen and oxygen atoms in total. The maximum Gasteiger partial charge on any atom is 0.573 e. The summed E-state index contributed by atoms with van der Waals surface area (Å²) in [4.78, 5) is 21.0. The number of imidazole rings is 1. The van der Waals surface area contributed by atoms with Crippen LogP contribution in [-0.4, -0.2) is 36.7 Å². The number of amides is 2. The van der Waals surface area contributed by atoms with E-state index in [0.29, 0.717) is 33.7 Å². The number of rotatable bonds is 6. The maximum absolute atomic E-state index is 12.5. The van der Waals surface area contributed by atoms with Gasteiger partial charge in [-0.3, -0.25) is 9.88 Å². The van der Waals surface area contributed by atoms with Crippen LogP contribution >= 0.6 is 11.6 Å². The Morgan fingerprint density at radius 1 is 0.921 bits per heavy atom. The number of carbonyl (C=O) groups excluding carboxylic acids is 1. The van der Waals surface area contributed by atoms with E-state index in [0.717, 1.165) is 5.69 Å². The van der Waals surface area contributed by atoms with Crippen molar-refractivity contribution in [3.05, 3.63) is 96.5 Å². The van der Waals surface area contributed by atoms with E-state index in [1.807, 2.05) is 6.07 Å². The third-order valence-electron chi connectivity index (χ3n) is 5.18. The molecule has 2 amide bonds. The number of carbonyl (C=O) groups is 1. The van der Waals surface area contributed by atoms with E-state index in [4.69, 9.17) is 11.6 Å². The van der Waals surface area contributed by atoms with Crippen molar-refractivity contribution in [3.63, 3.8) is 0 Å². The van der Waals surface area contributed by atoms with Crippen molar-refractivity contribution in [1.82, 2.24) is 24.3 Å². The van der Waals surface area contributed by atoms with Gasteiger partial charge >= 0.3 is 12.4 Å². The van der Waals surface area contributed by atoms with Gasteiger partial charge in [0.25, 0.3) is 0 Å². The summed E-state index contributed by atoms with van der Waals surface area (Å²) in [5.41, 5.74) is 2.44. The lowest BCUT2D eigenvalue weighted by Crippen LogP contribution is -2.21. The van der Waals surface area contributed by atoms with Gasteiger partial charge < -0.3 is 10.1 Å². The van der Waals surface area contributed by atoms with Gasteiger partial charge in [0.15, 0.2) is 5.82 Å². The second-order valence-corrected chi connectivity index (χ2v) is 8.25. The predicted molar refractivity (Wildman–Crippen MR) is 135 cm³/mol. The zero-order valence-electron chi connectivity index (χ0n) is 19.2. The van der Waals surface area contributed by atoms with Gasteiger partial charge in [-0.1, -0.05) is 17.7 Å². The quantitative estimate of drug-likeness (QED) is 0.263. The molecule has 5 rings (SSSR count). The number of aromatic nitrogens is 5. The lowest BCUT2D eigenvalue weighted by molar-refractivity contribution is -0.274. The summed E-state index contributed by atoms with van der Waals surface area (Å²) in [6.45, 7) is 0. The molecule has 0 aliphatic rings.